The monoisotopic (exact) mass is 501 g/mol. The molecule has 0 aliphatic heterocycles. The molecule has 1 aliphatic carbocycles. The average Bonchev–Trinajstić information content (AvgIpc) is 3.28. The molecule has 0 bridgehead atoms. The van der Waals surface area contributed by atoms with Crippen molar-refractivity contribution in [1.29, 1.82) is 0 Å². The lowest BCUT2D eigenvalue weighted by Gasteiger charge is -2.30. The summed E-state index contributed by atoms with van der Waals surface area (Å²) in [7, 11) is 0. The summed E-state index contributed by atoms with van der Waals surface area (Å²) < 4.78 is 27.1. The Bertz CT molecular complexity index is 1170. The van der Waals surface area contributed by atoms with E-state index in [1.807, 2.05) is 20.8 Å². The summed E-state index contributed by atoms with van der Waals surface area (Å²) in [6.45, 7) is 5.98. The molecule has 1 aliphatic rings. The normalized spacial score (nSPS) is 18.2. The van der Waals surface area contributed by atoms with Crippen molar-refractivity contribution in [2.24, 2.45) is 5.92 Å². The second kappa shape index (κ2) is 10.6. The standard InChI is InChI=1S/C25H29ClFN5O3/c1-25(2,3)35-24(33)31-18-10-8-16(9-11-18)14-34-22-21(28-15-29-23(22)26)17-12-30-32(13-17)20-7-5-4-6-19(20)27/h4-7,12-13,15-16,18H,8-11,14H2,1-3H3,(H,31,33)/t16-,18+. The number of hydrogen-bond donors (Lipinski definition) is 1. The molecule has 0 unspecified atom stereocenters. The van der Waals surface area contributed by atoms with Gasteiger partial charge in [0.2, 0.25) is 0 Å². The van der Waals surface area contributed by atoms with Crippen LogP contribution >= 0.6 is 11.6 Å². The SMILES string of the molecule is CC(C)(C)OC(=O)N[C@H]1CC[C@@H](COc2c(Cl)ncnc2-c2cnn(-c3ccccc3F)c2)CC1. The number of amides is 1. The summed E-state index contributed by atoms with van der Waals surface area (Å²) >= 11 is 6.35. The molecule has 2 heterocycles. The highest BCUT2D eigenvalue weighted by molar-refractivity contribution is 6.31. The van der Waals surface area contributed by atoms with Crippen LogP contribution in [0.2, 0.25) is 5.15 Å². The minimum atomic E-state index is -0.518. The predicted molar refractivity (Wildman–Crippen MR) is 130 cm³/mol. The van der Waals surface area contributed by atoms with E-state index in [2.05, 4.69) is 20.4 Å². The molecule has 8 nitrogen and oxygen atoms in total. The molecular formula is C25H29ClFN5O3. The zero-order valence-electron chi connectivity index (χ0n) is 20.0. The lowest BCUT2D eigenvalue weighted by molar-refractivity contribution is 0.0483. The molecule has 1 N–H and O–H groups in total. The number of halogens is 2. The van der Waals surface area contributed by atoms with Crippen molar-refractivity contribution in [2.75, 3.05) is 6.61 Å². The first-order valence-corrected chi connectivity index (χ1v) is 12.0. The molecule has 35 heavy (non-hydrogen) atoms. The van der Waals surface area contributed by atoms with Crippen LogP contribution in [0.25, 0.3) is 16.9 Å². The Hall–Kier alpha value is -3.20. The van der Waals surface area contributed by atoms with Gasteiger partial charge < -0.3 is 14.8 Å². The average molecular weight is 502 g/mol. The van der Waals surface area contributed by atoms with Crippen LogP contribution in [0, 0.1) is 11.7 Å². The van der Waals surface area contributed by atoms with E-state index in [1.54, 1.807) is 30.6 Å². The van der Waals surface area contributed by atoms with Gasteiger partial charge in [0.1, 0.15) is 29.1 Å². The van der Waals surface area contributed by atoms with Gasteiger partial charge in [0.05, 0.1) is 12.8 Å². The largest absolute Gasteiger partial charge is 0.488 e. The van der Waals surface area contributed by atoms with Crippen LogP contribution in [0.15, 0.2) is 43.0 Å². The summed E-state index contributed by atoms with van der Waals surface area (Å²) in [5.74, 6) is 0.296. The number of carbonyl (C=O) groups is 1. The molecule has 0 radical (unpaired) electrons. The number of rotatable bonds is 6. The van der Waals surface area contributed by atoms with Crippen LogP contribution in [0.3, 0.4) is 0 Å². The van der Waals surface area contributed by atoms with Gasteiger partial charge in [0, 0.05) is 17.8 Å². The second-order valence-corrected chi connectivity index (χ2v) is 10.0. The maximum atomic E-state index is 14.2. The third kappa shape index (κ3) is 6.48. The smallest absolute Gasteiger partial charge is 0.407 e. The Morgan fingerprint density at radius 2 is 1.94 bits per heavy atom. The molecule has 0 spiro atoms. The molecule has 0 atom stereocenters. The van der Waals surface area contributed by atoms with Crippen LogP contribution in [0.4, 0.5) is 9.18 Å². The van der Waals surface area contributed by atoms with Gasteiger partial charge in [-0.25, -0.2) is 23.8 Å². The van der Waals surface area contributed by atoms with E-state index < -0.39 is 5.60 Å². The molecule has 0 saturated heterocycles. The van der Waals surface area contributed by atoms with Crippen molar-refractivity contribution < 1.29 is 18.7 Å². The molecule has 1 saturated carbocycles. The fourth-order valence-corrected chi connectivity index (χ4v) is 4.24. The number of benzene rings is 1. The Balaban J connectivity index is 1.38. The van der Waals surface area contributed by atoms with Crippen LogP contribution in [-0.2, 0) is 4.74 Å². The first-order valence-electron chi connectivity index (χ1n) is 11.6. The first-order chi connectivity index (χ1) is 16.7. The highest BCUT2D eigenvalue weighted by atomic mass is 35.5. The molecule has 186 valence electrons. The molecule has 3 aromatic rings. The number of alkyl carbamates (subject to hydrolysis) is 1. The maximum absolute atomic E-state index is 14.2. The molecule has 4 rings (SSSR count). The fourth-order valence-electron chi connectivity index (χ4n) is 4.05. The Morgan fingerprint density at radius 3 is 2.66 bits per heavy atom. The van der Waals surface area contributed by atoms with Crippen molar-refractivity contribution >= 4 is 17.7 Å². The second-order valence-electron chi connectivity index (χ2n) is 9.64. The van der Waals surface area contributed by atoms with E-state index in [1.165, 1.54) is 17.1 Å². The van der Waals surface area contributed by atoms with E-state index in [0.29, 0.717) is 35.2 Å². The van der Waals surface area contributed by atoms with Gasteiger partial charge in [-0.3, -0.25) is 0 Å². The van der Waals surface area contributed by atoms with E-state index in [0.717, 1.165) is 25.7 Å². The lowest BCUT2D eigenvalue weighted by atomic mass is 9.86. The van der Waals surface area contributed by atoms with Gasteiger partial charge in [-0.05, 0) is 64.5 Å². The molecule has 1 aromatic carbocycles. The van der Waals surface area contributed by atoms with Crippen molar-refractivity contribution in [3.63, 3.8) is 0 Å². The van der Waals surface area contributed by atoms with Crippen LogP contribution in [-0.4, -0.2) is 44.1 Å². The highest BCUT2D eigenvalue weighted by Crippen LogP contribution is 2.34. The zero-order valence-corrected chi connectivity index (χ0v) is 20.8. The number of carbonyl (C=O) groups excluding carboxylic acids is 1. The van der Waals surface area contributed by atoms with Gasteiger partial charge in [-0.15, -0.1) is 0 Å². The summed E-state index contributed by atoms with van der Waals surface area (Å²) in [6.07, 6.45) is 7.72. The predicted octanol–water partition coefficient (Wildman–Crippen LogP) is 5.58. The van der Waals surface area contributed by atoms with Crippen LogP contribution < -0.4 is 10.1 Å². The fraction of sp³-hybridized carbons (Fsp3) is 0.440. The number of ether oxygens (including phenoxy) is 2. The third-order valence-electron chi connectivity index (χ3n) is 5.75. The van der Waals surface area contributed by atoms with E-state index in [4.69, 9.17) is 21.1 Å². The Labute approximate surface area is 208 Å². The van der Waals surface area contributed by atoms with E-state index in [9.17, 15) is 9.18 Å². The molecule has 1 amide bonds. The topological polar surface area (TPSA) is 91.2 Å². The van der Waals surface area contributed by atoms with Gasteiger partial charge in [0.25, 0.3) is 0 Å². The Kier molecular flexibility index (Phi) is 7.54. The summed E-state index contributed by atoms with van der Waals surface area (Å²) in [5, 5.41) is 7.42. The van der Waals surface area contributed by atoms with Crippen LogP contribution in [0.5, 0.6) is 5.75 Å². The van der Waals surface area contributed by atoms with Gasteiger partial charge >= 0.3 is 6.09 Å². The van der Waals surface area contributed by atoms with Crippen LogP contribution in [0.1, 0.15) is 46.5 Å². The lowest BCUT2D eigenvalue weighted by Crippen LogP contribution is -2.41. The van der Waals surface area contributed by atoms with Gasteiger partial charge in [-0.2, -0.15) is 5.10 Å². The molecule has 1 fully saturated rings. The number of para-hydroxylation sites is 1. The van der Waals surface area contributed by atoms with E-state index in [-0.39, 0.29) is 23.1 Å². The van der Waals surface area contributed by atoms with Crippen molar-refractivity contribution in [3.8, 4) is 22.7 Å². The first kappa shape index (κ1) is 24.9. The summed E-state index contributed by atoms with van der Waals surface area (Å²) in [6, 6.07) is 6.48. The van der Waals surface area contributed by atoms with E-state index >= 15 is 0 Å². The molecule has 2 aromatic heterocycles. The summed E-state index contributed by atoms with van der Waals surface area (Å²) in [4.78, 5) is 20.4. The van der Waals surface area contributed by atoms with Gasteiger partial charge in [-0.1, -0.05) is 23.7 Å². The van der Waals surface area contributed by atoms with Crippen molar-refractivity contribution in [2.45, 2.75) is 58.1 Å². The quantitative estimate of drug-likeness (QED) is 0.443. The number of nitrogens with one attached hydrogen (secondary N) is 1. The third-order valence-corrected chi connectivity index (χ3v) is 6.02. The molecular weight excluding hydrogens is 473 g/mol. The van der Waals surface area contributed by atoms with Crippen molar-refractivity contribution in [1.82, 2.24) is 25.1 Å². The number of hydrogen-bond acceptors (Lipinski definition) is 6. The minimum Gasteiger partial charge on any atom is -0.488 e. The number of aromatic nitrogens is 4. The highest BCUT2D eigenvalue weighted by Gasteiger charge is 2.26. The van der Waals surface area contributed by atoms with Crippen molar-refractivity contribution in [3.05, 3.63) is 54.0 Å². The minimum absolute atomic E-state index is 0.0875. The maximum Gasteiger partial charge on any atom is 0.407 e. The van der Waals surface area contributed by atoms with Gasteiger partial charge in [0.15, 0.2) is 10.9 Å². The zero-order chi connectivity index (χ0) is 25.0. The molecule has 10 heteroatoms. The number of nitrogens with zero attached hydrogens (tertiary/aromatic N) is 4. The Morgan fingerprint density at radius 1 is 1.20 bits per heavy atom. The summed E-state index contributed by atoms with van der Waals surface area (Å²) in [5.41, 5.74) is 0.944.